The second-order valence-electron chi connectivity index (χ2n) is 5.16. The van der Waals surface area contributed by atoms with Gasteiger partial charge in [-0.25, -0.2) is 0 Å². The molecule has 1 fully saturated rings. The number of nitrogens with zero attached hydrogens (tertiary/aromatic N) is 1. The standard InChI is InChI=1S/C16H21NO2S/c1-13(18)14-6-8-15(9-7-14)20-12-16(19)17-10-4-2-3-5-11-17/h6-9H,2-5,10-12H2,1H3. The van der Waals surface area contributed by atoms with E-state index in [1.54, 1.807) is 18.7 Å². The Morgan fingerprint density at radius 2 is 1.65 bits per heavy atom. The normalized spacial score (nSPS) is 15.8. The summed E-state index contributed by atoms with van der Waals surface area (Å²) in [5.41, 5.74) is 0.716. The molecule has 1 aliphatic heterocycles. The molecule has 108 valence electrons. The SMILES string of the molecule is CC(=O)c1ccc(SCC(=O)N2CCCCCC2)cc1. The van der Waals surface area contributed by atoms with Gasteiger partial charge in [0.1, 0.15) is 0 Å². The first kappa shape index (κ1) is 15.1. The molecule has 0 aliphatic carbocycles. The molecule has 0 unspecified atom stereocenters. The van der Waals surface area contributed by atoms with Crippen LogP contribution in [0.3, 0.4) is 0 Å². The number of carbonyl (C=O) groups excluding carboxylic acids is 2. The van der Waals surface area contributed by atoms with Crippen molar-refractivity contribution in [3.8, 4) is 0 Å². The third-order valence-corrected chi connectivity index (χ3v) is 4.58. The minimum Gasteiger partial charge on any atom is -0.342 e. The first-order valence-electron chi connectivity index (χ1n) is 7.18. The number of rotatable bonds is 4. The van der Waals surface area contributed by atoms with Gasteiger partial charge in [0.2, 0.25) is 5.91 Å². The highest BCUT2D eigenvalue weighted by atomic mass is 32.2. The summed E-state index contributed by atoms with van der Waals surface area (Å²) < 4.78 is 0. The molecule has 1 aromatic carbocycles. The maximum atomic E-state index is 12.2. The summed E-state index contributed by atoms with van der Waals surface area (Å²) in [5, 5.41) is 0. The molecule has 0 aromatic heterocycles. The number of thioether (sulfide) groups is 1. The summed E-state index contributed by atoms with van der Waals surface area (Å²) in [7, 11) is 0. The Kier molecular flexibility index (Phi) is 5.65. The Bertz CT molecular complexity index is 462. The predicted octanol–water partition coefficient (Wildman–Crippen LogP) is 3.38. The zero-order chi connectivity index (χ0) is 14.4. The van der Waals surface area contributed by atoms with Crippen LogP contribution in [-0.4, -0.2) is 35.4 Å². The quantitative estimate of drug-likeness (QED) is 0.630. The first-order chi connectivity index (χ1) is 9.66. The molecule has 0 N–H and O–H groups in total. The van der Waals surface area contributed by atoms with Gasteiger partial charge in [0.25, 0.3) is 0 Å². The van der Waals surface area contributed by atoms with E-state index in [1.807, 2.05) is 29.2 Å². The molecule has 3 nitrogen and oxygen atoms in total. The van der Waals surface area contributed by atoms with Crippen LogP contribution in [0, 0.1) is 0 Å². The number of hydrogen-bond donors (Lipinski definition) is 0. The molecule has 20 heavy (non-hydrogen) atoms. The highest BCUT2D eigenvalue weighted by Crippen LogP contribution is 2.20. The minimum absolute atomic E-state index is 0.0715. The maximum absolute atomic E-state index is 12.2. The molecule has 2 rings (SSSR count). The van der Waals surface area contributed by atoms with Gasteiger partial charge in [0.05, 0.1) is 5.75 Å². The van der Waals surface area contributed by atoms with Crippen LogP contribution in [0.1, 0.15) is 43.0 Å². The van der Waals surface area contributed by atoms with Crippen molar-refractivity contribution < 1.29 is 9.59 Å². The molecule has 0 saturated carbocycles. The van der Waals surface area contributed by atoms with Crippen LogP contribution >= 0.6 is 11.8 Å². The highest BCUT2D eigenvalue weighted by Gasteiger charge is 2.15. The number of likely N-dealkylation sites (tertiary alicyclic amines) is 1. The molecule has 1 saturated heterocycles. The predicted molar refractivity (Wildman–Crippen MR) is 82.2 cm³/mol. The van der Waals surface area contributed by atoms with E-state index in [0.29, 0.717) is 11.3 Å². The van der Waals surface area contributed by atoms with E-state index in [9.17, 15) is 9.59 Å². The smallest absolute Gasteiger partial charge is 0.232 e. The summed E-state index contributed by atoms with van der Waals surface area (Å²) in [6.45, 7) is 3.37. The second-order valence-corrected chi connectivity index (χ2v) is 6.21. The summed E-state index contributed by atoms with van der Waals surface area (Å²) >= 11 is 1.55. The Hall–Kier alpha value is -1.29. The Labute approximate surface area is 124 Å². The summed E-state index contributed by atoms with van der Waals surface area (Å²) in [6.07, 6.45) is 4.74. The van der Waals surface area contributed by atoms with Crippen molar-refractivity contribution in [3.05, 3.63) is 29.8 Å². The number of benzene rings is 1. The molecule has 1 heterocycles. The topological polar surface area (TPSA) is 37.4 Å². The van der Waals surface area contributed by atoms with E-state index >= 15 is 0 Å². The number of ketones is 1. The largest absolute Gasteiger partial charge is 0.342 e. The molecule has 4 heteroatoms. The fraction of sp³-hybridized carbons (Fsp3) is 0.500. The molecular formula is C16H21NO2S. The Balaban J connectivity index is 1.84. The fourth-order valence-electron chi connectivity index (χ4n) is 2.34. The molecule has 0 bridgehead atoms. The van der Waals surface area contributed by atoms with Gasteiger partial charge in [-0.2, -0.15) is 0 Å². The molecule has 1 amide bonds. The van der Waals surface area contributed by atoms with Gasteiger partial charge in [0, 0.05) is 23.5 Å². The fourth-order valence-corrected chi connectivity index (χ4v) is 3.14. The molecule has 1 aliphatic rings. The van der Waals surface area contributed by atoms with Crippen molar-refractivity contribution in [2.45, 2.75) is 37.5 Å². The van der Waals surface area contributed by atoms with E-state index in [1.165, 1.54) is 12.8 Å². The van der Waals surface area contributed by atoms with Gasteiger partial charge in [-0.05, 0) is 31.9 Å². The third kappa shape index (κ3) is 4.37. The summed E-state index contributed by atoms with van der Waals surface area (Å²) in [6, 6.07) is 7.47. The first-order valence-corrected chi connectivity index (χ1v) is 8.17. The molecule has 0 radical (unpaired) electrons. The van der Waals surface area contributed by atoms with Crippen LogP contribution in [-0.2, 0) is 4.79 Å². The van der Waals surface area contributed by atoms with Crippen molar-refractivity contribution in [1.29, 1.82) is 0 Å². The van der Waals surface area contributed by atoms with E-state index in [2.05, 4.69) is 0 Å². The average molecular weight is 291 g/mol. The molecule has 0 atom stereocenters. The van der Waals surface area contributed by atoms with Gasteiger partial charge < -0.3 is 4.90 Å². The lowest BCUT2D eigenvalue weighted by atomic mass is 10.2. The van der Waals surface area contributed by atoms with Crippen molar-refractivity contribution in [3.63, 3.8) is 0 Å². The monoisotopic (exact) mass is 291 g/mol. The highest BCUT2D eigenvalue weighted by molar-refractivity contribution is 8.00. The van der Waals surface area contributed by atoms with Gasteiger partial charge in [-0.1, -0.05) is 25.0 Å². The van der Waals surface area contributed by atoms with Crippen LogP contribution in [0.5, 0.6) is 0 Å². The van der Waals surface area contributed by atoms with Gasteiger partial charge in [-0.15, -0.1) is 11.8 Å². The molecule has 1 aromatic rings. The van der Waals surface area contributed by atoms with E-state index in [4.69, 9.17) is 0 Å². The Morgan fingerprint density at radius 1 is 1.05 bits per heavy atom. The number of hydrogen-bond acceptors (Lipinski definition) is 3. The van der Waals surface area contributed by atoms with Gasteiger partial charge in [0.15, 0.2) is 5.78 Å². The summed E-state index contributed by atoms with van der Waals surface area (Å²) in [5.74, 6) is 0.786. The number of Topliss-reactive ketones (excluding diaryl/α,β-unsaturated/α-hetero) is 1. The van der Waals surface area contributed by atoms with Crippen LogP contribution in [0.4, 0.5) is 0 Å². The van der Waals surface area contributed by atoms with Crippen LogP contribution < -0.4 is 0 Å². The van der Waals surface area contributed by atoms with Gasteiger partial charge in [-0.3, -0.25) is 9.59 Å². The third-order valence-electron chi connectivity index (χ3n) is 3.58. The van der Waals surface area contributed by atoms with E-state index in [-0.39, 0.29) is 11.7 Å². The lowest BCUT2D eigenvalue weighted by Gasteiger charge is -2.19. The zero-order valence-electron chi connectivity index (χ0n) is 11.9. The van der Waals surface area contributed by atoms with E-state index < -0.39 is 0 Å². The molecular weight excluding hydrogens is 270 g/mol. The lowest BCUT2D eigenvalue weighted by Crippen LogP contribution is -2.33. The number of carbonyl (C=O) groups is 2. The second kappa shape index (κ2) is 7.48. The summed E-state index contributed by atoms with van der Waals surface area (Å²) in [4.78, 5) is 26.4. The van der Waals surface area contributed by atoms with Crippen molar-refractivity contribution in [1.82, 2.24) is 4.90 Å². The Morgan fingerprint density at radius 3 is 2.20 bits per heavy atom. The van der Waals surface area contributed by atoms with E-state index in [0.717, 1.165) is 30.8 Å². The van der Waals surface area contributed by atoms with Gasteiger partial charge >= 0.3 is 0 Å². The number of amides is 1. The minimum atomic E-state index is 0.0715. The zero-order valence-corrected chi connectivity index (χ0v) is 12.7. The van der Waals surface area contributed by atoms with Crippen LogP contribution in [0.25, 0.3) is 0 Å². The van der Waals surface area contributed by atoms with Crippen molar-refractivity contribution in [2.75, 3.05) is 18.8 Å². The van der Waals surface area contributed by atoms with Crippen molar-refractivity contribution >= 4 is 23.5 Å². The van der Waals surface area contributed by atoms with Crippen LogP contribution in [0.15, 0.2) is 29.2 Å². The lowest BCUT2D eigenvalue weighted by molar-refractivity contribution is -0.128. The average Bonchev–Trinajstić information content (AvgIpc) is 2.74. The maximum Gasteiger partial charge on any atom is 0.232 e. The van der Waals surface area contributed by atoms with Crippen LogP contribution in [0.2, 0.25) is 0 Å². The molecule has 0 spiro atoms. The van der Waals surface area contributed by atoms with Crippen molar-refractivity contribution in [2.24, 2.45) is 0 Å².